The molecule has 0 N–H and O–H groups in total. The molecule has 2 aliphatic heterocycles. The molecule has 2 aliphatic rings. The van der Waals surface area contributed by atoms with Gasteiger partial charge in [-0.2, -0.15) is 0 Å². The van der Waals surface area contributed by atoms with Crippen LogP contribution in [0.2, 0.25) is 0 Å². The fourth-order valence-corrected chi connectivity index (χ4v) is 7.14. The lowest BCUT2D eigenvalue weighted by molar-refractivity contribution is 0.0972. The van der Waals surface area contributed by atoms with Crippen LogP contribution in [0.3, 0.4) is 0 Å². The van der Waals surface area contributed by atoms with Gasteiger partial charge in [-0.05, 0) is 93.2 Å². The lowest BCUT2D eigenvalue weighted by Crippen LogP contribution is -2.43. The van der Waals surface area contributed by atoms with Crippen LogP contribution in [0.1, 0.15) is 50.5 Å². The number of halogens is 2. The number of nitrogens with zero attached hydrogens (tertiary/aromatic N) is 7. The summed E-state index contributed by atoms with van der Waals surface area (Å²) in [5.74, 6) is 0.625. The Labute approximate surface area is 264 Å². The van der Waals surface area contributed by atoms with Gasteiger partial charge in [-0.3, -0.25) is 13.7 Å². The number of aryl methyl sites for hydroxylation is 3. The maximum absolute atomic E-state index is 13.9. The molecule has 232 valence electrons. The minimum Gasteiger partial charge on any atom is -0.297 e. The first-order valence-corrected chi connectivity index (χ1v) is 16.8. The van der Waals surface area contributed by atoms with Gasteiger partial charge < -0.3 is 0 Å². The molecule has 2 unspecified atom stereocenters. The number of aromatic nitrogens is 6. The molecule has 5 aromatic rings. The first-order chi connectivity index (χ1) is 21.5. The normalized spacial score (nSPS) is 19.8. The lowest BCUT2D eigenvalue weighted by atomic mass is 9.86. The number of benzene rings is 1. The second-order valence-electron chi connectivity index (χ2n) is 11.9. The fourth-order valence-electron chi connectivity index (χ4n) is 6.89. The van der Waals surface area contributed by atoms with Crippen molar-refractivity contribution in [2.45, 2.75) is 76.5 Å². The maximum Gasteiger partial charge on any atom is 0.350 e. The molecule has 7 rings (SSSR count). The largest absolute Gasteiger partial charge is 0.350 e. The summed E-state index contributed by atoms with van der Waals surface area (Å²) >= 11 is 3.33. The smallest absolute Gasteiger partial charge is 0.297 e. The average Bonchev–Trinajstić information content (AvgIpc) is 3.62. The van der Waals surface area contributed by atoms with Crippen LogP contribution in [0.25, 0.3) is 11.3 Å². The number of alkyl halides is 1. The van der Waals surface area contributed by atoms with Gasteiger partial charge in [-0.15, -0.1) is 10.2 Å². The minimum atomic E-state index is -0.0694. The third kappa shape index (κ3) is 6.73. The molecule has 0 aliphatic carbocycles. The van der Waals surface area contributed by atoms with Crippen LogP contribution in [0.4, 0.5) is 4.39 Å². The molecule has 44 heavy (non-hydrogen) atoms. The fraction of sp³-hybridized carbons (Fsp3) is 0.455. The summed E-state index contributed by atoms with van der Waals surface area (Å²) in [4.78, 5) is 26.8. The van der Waals surface area contributed by atoms with Crippen LogP contribution in [0.15, 0.2) is 82.6 Å². The van der Waals surface area contributed by atoms with Crippen LogP contribution in [0.5, 0.6) is 0 Å². The van der Waals surface area contributed by atoms with E-state index in [9.17, 15) is 14.0 Å². The number of pyridine rings is 2. The van der Waals surface area contributed by atoms with Crippen LogP contribution < -0.4 is 11.4 Å². The summed E-state index contributed by atoms with van der Waals surface area (Å²) in [7, 11) is 0. The molecular formula is C33H39BrFN7O2. The van der Waals surface area contributed by atoms with Crippen molar-refractivity contribution in [2.24, 2.45) is 5.92 Å². The highest BCUT2D eigenvalue weighted by Gasteiger charge is 2.39. The number of hydrogen-bond acceptors (Lipinski definition) is 5. The average molecular weight is 665 g/mol. The minimum absolute atomic E-state index is 0.0552. The molecule has 11 heteroatoms. The molecule has 9 nitrogen and oxygen atoms in total. The van der Waals surface area contributed by atoms with Gasteiger partial charge in [-0.25, -0.2) is 23.3 Å². The first kappa shape index (κ1) is 30.5. The summed E-state index contributed by atoms with van der Waals surface area (Å²) in [5, 5.41) is 9.52. The Bertz CT molecular complexity index is 1800. The van der Waals surface area contributed by atoms with E-state index in [4.69, 9.17) is 0 Å². The van der Waals surface area contributed by atoms with Crippen LogP contribution in [-0.4, -0.2) is 57.2 Å². The third-order valence-corrected chi connectivity index (χ3v) is 9.59. The molecule has 6 heterocycles. The van der Waals surface area contributed by atoms with Crippen LogP contribution >= 0.6 is 15.9 Å². The van der Waals surface area contributed by atoms with Crippen molar-refractivity contribution in [1.29, 1.82) is 0 Å². The van der Waals surface area contributed by atoms with Gasteiger partial charge in [0.15, 0.2) is 11.3 Å². The number of rotatable bonds is 10. The summed E-state index contributed by atoms with van der Waals surface area (Å²) in [6.07, 6.45) is 12.3. The van der Waals surface area contributed by atoms with E-state index >= 15 is 0 Å². The number of piperidine rings is 1. The highest BCUT2D eigenvalue weighted by atomic mass is 79.9. The molecule has 1 aromatic carbocycles. The lowest BCUT2D eigenvalue weighted by Gasteiger charge is -2.39. The van der Waals surface area contributed by atoms with Gasteiger partial charge in [0.05, 0.1) is 0 Å². The molecule has 2 atom stereocenters. The zero-order valence-electron chi connectivity index (χ0n) is 24.8. The van der Waals surface area contributed by atoms with E-state index in [1.54, 1.807) is 38.0 Å². The van der Waals surface area contributed by atoms with Crippen LogP contribution in [-0.2, 0) is 19.5 Å². The van der Waals surface area contributed by atoms with Crippen molar-refractivity contribution in [1.82, 2.24) is 33.3 Å². The molecule has 0 saturated carbocycles. The molecule has 0 amide bonds. The molecular weight excluding hydrogens is 625 g/mol. The Hall–Kier alpha value is -3.57. The Morgan fingerprint density at radius 3 is 1.89 bits per heavy atom. The first-order valence-electron chi connectivity index (χ1n) is 15.7. The zero-order chi connectivity index (χ0) is 30.5. The van der Waals surface area contributed by atoms with E-state index in [0.29, 0.717) is 42.4 Å². The quantitative estimate of drug-likeness (QED) is 0.192. The van der Waals surface area contributed by atoms with Crippen molar-refractivity contribution in [3.8, 4) is 0 Å². The second-order valence-corrected chi connectivity index (χ2v) is 12.6. The van der Waals surface area contributed by atoms with Crippen molar-refractivity contribution < 1.29 is 4.39 Å². The van der Waals surface area contributed by atoms with Crippen molar-refractivity contribution in [2.75, 3.05) is 11.9 Å². The maximum atomic E-state index is 13.9. The van der Waals surface area contributed by atoms with Gasteiger partial charge in [0, 0.05) is 49.4 Å². The van der Waals surface area contributed by atoms with E-state index in [2.05, 4.69) is 31.0 Å². The zero-order valence-corrected chi connectivity index (χ0v) is 26.4. The molecule has 2 fully saturated rings. The Balaban J connectivity index is 0.000000205. The Morgan fingerprint density at radius 2 is 1.32 bits per heavy atom. The topological polar surface area (TPSA) is 81.8 Å². The van der Waals surface area contributed by atoms with Crippen molar-refractivity contribution in [3.63, 3.8) is 0 Å². The van der Waals surface area contributed by atoms with Crippen molar-refractivity contribution in [3.05, 3.63) is 105 Å². The molecule has 0 spiro atoms. The van der Waals surface area contributed by atoms with Gasteiger partial charge in [-0.1, -0.05) is 46.3 Å². The second kappa shape index (κ2) is 14.0. The van der Waals surface area contributed by atoms with E-state index in [-0.39, 0.29) is 17.2 Å². The van der Waals surface area contributed by atoms with E-state index in [0.717, 1.165) is 43.1 Å². The van der Waals surface area contributed by atoms with E-state index < -0.39 is 0 Å². The van der Waals surface area contributed by atoms with Crippen molar-refractivity contribution >= 4 is 27.2 Å². The molecule has 0 radical (unpaired) electrons. The summed E-state index contributed by atoms with van der Waals surface area (Å²) < 4.78 is 20.2. The van der Waals surface area contributed by atoms with E-state index in [1.165, 1.54) is 30.4 Å². The highest BCUT2D eigenvalue weighted by molar-refractivity contribution is 9.09. The molecule has 2 saturated heterocycles. The summed E-state index contributed by atoms with van der Waals surface area (Å²) in [6, 6.07) is 19.6. The molecule has 4 aromatic heterocycles. The standard InChI is InChI=1S/C24H29FN4O.C9H10BrN3O/c25-22-7-2-1-6-19(22)10-9-18-16-20-11-12-21(17-18)27(20)14-5-15-29-24(30)28-13-4-3-8-23(28)26-29;10-5-3-7-13-9(14)12-6-2-1-4-8(12)11-13/h1-4,6-8,13,18,20-21H,5,9-12,14-17H2;1-2,4,6H,3,5,7H2. The number of fused-ring (bicyclic) bond motifs is 4. The highest BCUT2D eigenvalue weighted by Crippen LogP contribution is 2.40. The monoisotopic (exact) mass is 663 g/mol. The predicted molar refractivity (Wildman–Crippen MR) is 173 cm³/mol. The SMILES string of the molecule is O=c1n(CCCBr)nc2ccccn12.O=c1n(CCCN2C3CCC2CC(CCc2ccccc2F)C3)nc2ccccn12. The third-order valence-electron chi connectivity index (χ3n) is 9.03. The molecule has 2 bridgehead atoms. The van der Waals surface area contributed by atoms with Gasteiger partial charge >= 0.3 is 11.4 Å². The van der Waals surface area contributed by atoms with Gasteiger partial charge in [0.25, 0.3) is 0 Å². The van der Waals surface area contributed by atoms with Gasteiger partial charge in [0.1, 0.15) is 5.82 Å². The van der Waals surface area contributed by atoms with Gasteiger partial charge in [0.2, 0.25) is 0 Å². The van der Waals surface area contributed by atoms with E-state index in [1.807, 2.05) is 48.5 Å². The predicted octanol–water partition coefficient (Wildman–Crippen LogP) is 5.18. The Morgan fingerprint density at radius 1 is 0.750 bits per heavy atom. The summed E-state index contributed by atoms with van der Waals surface area (Å²) in [6.45, 7) is 2.34. The Kier molecular flexibility index (Phi) is 9.71. The number of hydrogen-bond donors (Lipinski definition) is 0. The summed E-state index contributed by atoms with van der Waals surface area (Å²) in [5.41, 5.74) is 2.14. The van der Waals surface area contributed by atoms with Crippen LogP contribution in [0, 0.1) is 11.7 Å².